The first kappa shape index (κ1) is 29.3. The Morgan fingerprint density at radius 1 is 1.07 bits per heavy atom. The Hall–Kier alpha value is -4.23. The van der Waals surface area contributed by atoms with Crippen LogP contribution >= 0.6 is 0 Å². The highest BCUT2D eigenvalue weighted by Crippen LogP contribution is 2.58. The quantitative estimate of drug-likeness (QED) is 0.238. The third-order valence-corrected chi connectivity index (χ3v) is 7.51. The van der Waals surface area contributed by atoms with Crippen LogP contribution in [-0.2, 0) is 18.1 Å². The van der Waals surface area contributed by atoms with Crippen molar-refractivity contribution in [2.24, 2.45) is 0 Å². The summed E-state index contributed by atoms with van der Waals surface area (Å²) in [5.74, 6) is -0.821. The van der Waals surface area contributed by atoms with E-state index in [1.54, 1.807) is 12.0 Å². The Morgan fingerprint density at radius 3 is 2.43 bits per heavy atom. The lowest BCUT2D eigenvalue weighted by atomic mass is 9.96. The summed E-state index contributed by atoms with van der Waals surface area (Å²) in [5, 5.41) is 7.91. The van der Waals surface area contributed by atoms with E-state index in [-0.39, 0.29) is 41.4 Å². The highest BCUT2D eigenvalue weighted by atomic mass is 19.4. The molecule has 0 saturated heterocycles. The van der Waals surface area contributed by atoms with Gasteiger partial charge < -0.3 is 9.88 Å². The van der Waals surface area contributed by atoms with E-state index in [1.807, 2.05) is 0 Å². The summed E-state index contributed by atoms with van der Waals surface area (Å²) in [6, 6.07) is 6.39. The van der Waals surface area contributed by atoms with Crippen molar-refractivity contribution in [3.8, 4) is 11.3 Å². The number of nitrogens with zero attached hydrogens (tertiary/aromatic N) is 3. The lowest BCUT2D eigenvalue weighted by Gasteiger charge is -2.19. The molecule has 42 heavy (non-hydrogen) atoms. The fraction of sp³-hybridized carbons (Fsp3) is 0.357. The maximum atomic E-state index is 15.1. The van der Waals surface area contributed by atoms with Gasteiger partial charge in [-0.1, -0.05) is 6.07 Å². The number of anilines is 1. The number of alkyl halides is 6. The van der Waals surface area contributed by atoms with Crippen molar-refractivity contribution in [1.29, 1.82) is 0 Å². The van der Waals surface area contributed by atoms with Crippen LogP contribution in [0.15, 0.2) is 58.5 Å². The summed E-state index contributed by atoms with van der Waals surface area (Å²) in [6.45, 7) is 1.76. The minimum atomic E-state index is -4.88. The van der Waals surface area contributed by atoms with Crippen molar-refractivity contribution in [2.75, 3.05) is 5.32 Å². The van der Waals surface area contributed by atoms with Gasteiger partial charge in [-0.25, -0.2) is 9.49 Å². The van der Waals surface area contributed by atoms with Crippen LogP contribution < -0.4 is 16.4 Å². The Morgan fingerprint density at radius 2 is 1.81 bits per heavy atom. The largest absolute Gasteiger partial charge is 0.423 e. The summed E-state index contributed by atoms with van der Waals surface area (Å²) < 4.78 is 96.4. The van der Waals surface area contributed by atoms with E-state index in [0.717, 1.165) is 18.5 Å². The van der Waals surface area contributed by atoms with Gasteiger partial charge in [-0.3, -0.25) is 14.6 Å². The minimum Gasteiger partial charge on any atom is -0.381 e. The molecule has 3 heterocycles. The number of halogens is 7. The van der Waals surface area contributed by atoms with Crippen LogP contribution in [0.4, 0.5) is 36.4 Å². The maximum absolute atomic E-state index is 15.1. The fourth-order valence-electron chi connectivity index (χ4n) is 5.09. The summed E-state index contributed by atoms with van der Waals surface area (Å²) in [7, 11) is 0. The molecule has 14 heteroatoms. The molecule has 5 rings (SSSR count). The van der Waals surface area contributed by atoms with Gasteiger partial charge in [0.2, 0.25) is 0 Å². The summed E-state index contributed by atoms with van der Waals surface area (Å²) in [5.41, 5.74) is -5.09. The predicted molar refractivity (Wildman–Crippen MR) is 141 cm³/mol. The number of aromatic amines is 1. The van der Waals surface area contributed by atoms with Gasteiger partial charge in [0.05, 0.1) is 28.4 Å². The Kier molecular flexibility index (Phi) is 7.35. The first-order valence-corrected chi connectivity index (χ1v) is 13.0. The van der Waals surface area contributed by atoms with Crippen LogP contribution in [0, 0.1) is 5.82 Å². The van der Waals surface area contributed by atoms with Gasteiger partial charge in [0, 0.05) is 30.5 Å². The standard InChI is InChI=1S/C28H24F7N5O2/c1-15(38-21-14-37-39-24(41)23(21)27(30,31)32)3-2-9-40-10-6-16-11-17(12-19(29)22(16)25(40)42)20-5-4-18(13-36-20)26(7-8-26)28(33,34)35/h4-6,10-15H,2-3,7-9H2,1H3,(H2,38,39,41)/t15-/m1/s1. The highest BCUT2D eigenvalue weighted by molar-refractivity contribution is 5.86. The van der Waals surface area contributed by atoms with E-state index >= 15 is 4.39 Å². The number of pyridine rings is 2. The molecule has 0 amide bonds. The molecule has 3 aromatic heterocycles. The van der Waals surface area contributed by atoms with Crippen molar-refractivity contribution in [3.05, 3.63) is 86.6 Å². The van der Waals surface area contributed by atoms with Crippen LogP contribution in [0.3, 0.4) is 0 Å². The summed E-state index contributed by atoms with van der Waals surface area (Å²) in [6.07, 6.45) is -5.12. The number of aromatic nitrogens is 4. The van der Waals surface area contributed by atoms with Gasteiger partial charge in [0.15, 0.2) is 0 Å². The van der Waals surface area contributed by atoms with Crippen LogP contribution in [0.5, 0.6) is 0 Å². The summed E-state index contributed by atoms with van der Waals surface area (Å²) in [4.78, 5) is 28.8. The molecule has 4 aromatic rings. The van der Waals surface area contributed by atoms with Crippen molar-refractivity contribution in [2.45, 2.75) is 63.0 Å². The van der Waals surface area contributed by atoms with E-state index < -0.39 is 52.0 Å². The minimum absolute atomic E-state index is 0.00550. The molecule has 1 aromatic carbocycles. The van der Waals surface area contributed by atoms with Gasteiger partial charge in [-0.15, -0.1) is 0 Å². The Bertz CT molecular complexity index is 1740. The van der Waals surface area contributed by atoms with E-state index in [2.05, 4.69) is 15.4 Å². The molecule has 0 unspecified atom stereocenters. The van der Waals surface area contributed by atoms with Crippen molar-refractivity contribution < 1.29 is 30.7 Å². The number of aryl methyl sites for hydroxylation is 1. The molecule has 1 aliphatic carbocycles. The Labute approximate surface area is 233 Å². The van der Waals surface area contributed by atoms with Crippen molar-refractivity contribution in [3.63, 3.8) is 0 Å². The maximum Gasteiger partial charge on any atom is 0.423 e. The average Bonchev–Trinajstić information content (AvgIpc) is 3.72. The van der Waals surface area contributed by atoms with Gasteiger partial charge in [0.1, 0.15) is 11.4 Å². The second kappa shape index (κ2) is 10.6. The van der Waals surface area contributed by atoms with Crippen LogP contribution in [0.25, 0.3) is 22.0 Å². The summed E-state index contributed by atoms with van der Waals surface area (Å²) >= 11 is 0. The zero-order valence-electron chi connectivity index (χ0n) is 22.0. The SMILES string of the molecule is C[C@H](CCCn1ccc2cc(-c3ccc(C4(C(F)(F)F)CC4)cn3)cc(F)c2c1=O)Nc1cn[nH]c(=O)c1C(F)(F)F. The van der Waals surface area contributed by atoms with Gasteiger partial charge in [0.25, 0.3) is 11.1 Å². The molecule has 0 aliphatic heterocycles. The fourth-order valence-corrected chi connectivity index (χ4v) is 5.09. The van der Waals surface area contributed by atoms with Gasteiger partial charge in [-0.05, 0) is 67.8 Å². The van der Waals surface area contributed by atoms with E-state index in [4.69, 9.17) is 0 Å². The predicted octanol–water partition coefficient (Wildman–Crippen LogP) is 6.18. The number of H-pyrrole nitrogens is 1. The molecule has 2 N–H and O–H groups in total. The number of rotatable bonds is 8. The average molecular weight is 596 g/mol. The smallest absolute Gasteiger partial charge is 0.381 e. The Balaban J connectivity index is 1.29. The lowest BCUT2D eigenvalue weighted by Crippen LogP contribution is -2.28. The molecule has 0 spiro atoms. The van der Waals surface area contributed by atoms with Crippen molar-refractivity contribution >= 4 is 16.5 Å². The molecule has 222 valence electrons. The second-order valence-electron chi connectivity index (χ2n) is 10.4. The molecule has 1 fully saturated rings. The van der Waals surface area contributed by atoms with Crippen LogP contribution in [0.1, 0.15) is 43.7 Å². The molecule has 7 nitrogen and oxygen atoms in total. The van der Waals surface area contributed by atoms with Crippen LogP contribution in [-0.4, -0.2) is 32.0 Å². The number of fused-ring (bicyclic) bond motifs is 1. The number of hydrogen-bond donors (Lipinski definition) is 2. The molecule has 0 bridgehead atoms. The highest BCUT2D eigenvalue weighted by Gasteiger charge is 2.64. The topological polar surface area (TPSA) is 92.7 Å². The van der Waals surface area contributed by atoms with Gasteiger partial charge in [-0.2, -0.15) is 31.4 Å². The van der Waals surface area contributed by atoms with E-state index in [9.17, 15) is 35.9 Å². The van der Waals surface area contributed by atoms with E-state index in [0.29, 0.717) is 18.4 Å². The third-order valence-electron chi connectivity index (χ3n) is 7.51. The lowest BCUT2D eigenvalue weighted by molar-refractivity contribution is -0.160. The third kappa shape index (κ3) is 5.49. The van der Waals surface area contributed by atoms with E-state index in [1.165, 1.54) is 35.0 Å². The van der Waals surface area contributed by atoms with Gasteiger partial charge >= 0.3 is 12.4 Å². The number of hydrogen-bond acceptors (Lipinski definition) is 5. The molecule has 1 atom stereocenters. The second-order valence-corrected chi connectivity index (χ2v) is 10.4. The van der Waals surface area contributed by atoms with Crippen molar-refractivity contribution in [1.82, 2.24) is 19.7 Å². The monoisotopic (exact) mass is 595 g/mol. The molecule has 1 aliphatic rings. The number of benzene rings is 1. The normalized spacial score (nSPS) is 15.5. The number of nitrogens with one attached hydrogen (secondary N) is 2. The molecule has 0 radical (unpaired) electrons. The first-order valence-electron chi connectivity index (χ1n) is 13.0. The first-order chi connectivity index (χ1) is 19.7. The molecular weight excluding hydrogens is 571 g/mol. The van der Waals surface area contributed by atoms with Crippen LogP contribution in [0.2, 0.25) is 0 Å². The molecular formula is C28H24F7N5O2. The molecule has 1 saturated carbocycles. The zero-order chi connectivity index (χ0) is 30.4. The zero-order valence-corrected chi connectivity index (χ0v) is 22.0.